The minimum absolute atomic E-state index is 0. The first-order valence-electron chi connectivity index (χ1n) is 7.22. The van der Waals surface area contributed by atoms with Crippen LogP contribution in [0.4, 0.5) is 8.78 Å². The van der Waals surface area contributed by atoms with E-state index in [0.717, 1.165) is 5.69 Å². The molecule has 0 bridgehead atoms. The Kier molecular flexibility index (Phi) is 9.05. The number of hydrogen-bond donors (Lipinski definition) is 3. The molecule has 1 heterocycles. The molecule has 0 saturated carbocycles. The van der Waals surface area contributed by atoms with E-state index in [4.69, 9.17) is 0 Å². The molecule has 2 aromatic rings. The van der Waals surface area contributed by atoms with Crippen molar-refractivity contribution >= 4 is 29.9 Å². The summed E-state index contributed by atoms with van der Waals surface area (Å²) in [6, 6.07) is 8.46. The zero-order valence-corrected chi connectivity index (χ0v) is 15.5. The summed E-state index contributed by atoms with van der Waals surface area (Å²) in [5.74, 6) is 0.713. The van der Waals surface area contributed by atoms with Crippen LogP contribution in [0.5, 0.6) is 5.75 Å². The maximum Gasteiger partial charge on any atom is 0.387 e. The predicted octanol–water partition coefficient (Wildman–Crippen LogP) is 2.88. The van der Waals surface area contributed by atoms with Crippen molar-refractivity contribution in [3.05, 3.63) is 47.8 Å². The molecule has 0 saturated heterocycles. The first kappa shape index (κ1) is 20.1. The van der Waals surface area contributed by atoms with Crippen LogP contribution >= 0.6 is 24.0 Å². The third kappa shape index (κ3) is 6.69. The molecule has 0 unspecified atom stereocenters. The van der Waals surface area contributed by atoms with Gasteiger partial charge in [0.25, 0.3) is 0 Å². The van der Waals surface area contributed by atoms with E-state index in [0.29, 0.717) is 24.6 Å². The van der Waals surface area contributed by atoms with Crippen LogP contribution in [0, 0.1) is 0 Å². The zero-order chi connectivity index (χ0) is 16.5. The highest BCUT2D eigenvalue weighted by molar-refractivity contribution is 14.0. The maximum atomic E-state index is 12.4. The van der Waals surface area contributed by atoms with Crippen LogP contribution in [-0.4, -0.2) is 29.3 Å². The van der Waals surface area contributed by atoms with Gasteiger partial charge in [-0.1, -0.05) is 18.2 Å². The fraction of sp³-hybridized carbons (Fsp3) is 0.333. The lowest BCUT2D eigenvalue weighted by atomic mass is 10.2. The minimum atomic E-state index is -2.85. The number of halogens is 3. The molecule has 3 N–H and O–H groups in total. The number of aromatic amines is 1. The summed E-state index contributed by atoms with van der Waals surface area (Å²) < 4.78 is 29.3. The Balaban J connectivity index is 0.00000288. The van der Waals surface area contributed by atoms with Gasteiger partial charge in [0.15, 0.2) is 5.96 Å². The molecule has 0 aliphatic heterocycles. The van der Waals surface area contributed by atoms with E-state index in [2.05, 4.69) is 30.6 Å². The summed E-state index contributed by atoms with van der Waals surface area (Å²) in [5, 5.41) is 12.9. The van der Waals surface area contributed by atoms with E-state index >= 15 is 0 Å². The molecule has 132 valence electrons. The number of alkyl halides is 2. The molecule has 1 aromatic heterocycles. The van der Waals surface area contributed by atoms with Crippen LogP contribution in [0.25, 0.3) is 0 Å². The molecule has 0 aliphatic rings. The van der Waals surface area contributed by atoms with Gasteiger partial charge in [-0.15, -0.1) is 24.0 Å². The fourth-order valence-corrected chi connectivity index (χ4v) is 1.91. The number of benzene rings is 1. The number of para-hydroxylation sites is 1. The Hall–Kier alpha value is -1.91. The van der Waals surface area contributed by atoms with Crippen LogP contribution in [0.1, 0.15) is 18.2 Å². The monoisotopic (exact) mass is 451 g/mol. The molecular weight excluding hydrogens is 431 g/mol. The number of hydrogen-bond acceptors (Lipinski definition) is 3. The van der Waals surface area contributed by atoms with Gasteiger partial charge in [-0.25, -0.2) is 4.99 Å². The second kappa shape index (κ2) is 10.8. The van der Waals surface area contributed by atoms with Crippen molar-refractivity contribution in [2.45, 2.75) is 26.6 Å². The van der Waals surface area contributed by atoms with Gasteiger partial charge in [0.1, 0.15) is 5.75 Å². The molecule has 0 fully saturated rings. The van der Waals surface area contributed by atoms with Gasteiger partial charge in [-0.05, 0) is 19.1 Å². The van der Waals surface area contributed by atoms with Crippen molar-refractivity contribution in [3.63, 3.8) is 0 Å². The van der Waals surface area contributed by atoms with Crippen LogP contribution in [0.2, 0.25) is 0 Å². The largest absolute Gasteiger partial charge is 0.434 e. The highest BCUT2D eigenvalue weighted by Gasteiger charge is 2.09. The second-order valence-corrected chi connectivity index (χ2v) is 4.62. The first-order chi connectivity index (χ1) is 11.2. The Bertz CT molecular complexity index is 622. The molecule has 2 rings (SSSR count). The van der Waals surface area contributed by atoms with E-state index in [1.54, 1.807) is 24.4 Å². The number of H-pyrrole nitrogens is 1. The molecule has 24 heavy (non-hydrogen) atoms. The number of guanidine groups is 1. The predicted molar refractivity (Wildman–Crippen MR) is 98.7 cm³/mol. The number of nitrogens with one attached hydrogen (secondary N) is 3. The average molecular weight is 451 g/mol. The van der Waals surface area contributed by atoms with Crippen LogP contribution in [0.15, 0.2) is 41.5 Å². The molecule has 0 atom stereocenters. The lowest BCUT2D eigenvalue weighted by Crippen LogP contribution is -2.36. The van der Waals surface area contributed by atoms with E-state index in [9.17, 15) is 8.78 Å². The molecular formula is C15H20F2IN5O. The first-order valence-corrected chi connectivity index (χ1v) is 7.22. The molecule has 0 amide bonds. The van der Waals surface area contributed by atoms with Crippen LogP contribution in [-0.2, 0) is 13.1 Å². The number of aromatic nitrogens is 2. The van der Waals surface area contributed by atoms with Gasteiger partial charge in [0, 0.05) is 18.3 Å². The second-order valence-electron chi connectivity index (χ2n) is 4.62. The summed E-state index contributed by atoms with van der Waals surface area (Å²) in [6.45, 7) is 0.528. The van der Waals surface area contributed by atoms with Crippen molar-refractivity contribution in [1.82, 2.24) is 20.8 Å². The van der Waals surface area contributed by atoms with Crippen molar-refractivity contribution < 1.29 is 13.5 Å². The number of nitrogens with zero attached hydrogens (tertiary/aromatic N) is 2. The topological polar surface area (TPSA) is 74.3 Å². The van der Waals surface area contributed by atoms with E-state index in [1.165, 1.54) is 6.07 Å². The van der Waals surface area contributed by atoms with Gasteiger partial charge in [0.2, 0.25) is 0 Å². The van der Waals surface area contributed by atoms with Crippen molar-refractivity contribution in [2.75, 3.05) is 6.54 Å². The number of rotatable bonds is 7. The molecule has 0 radical (unpaired) electrons. The van der Waals surface area contributed by atoms with E-state index in [-0.39, 0.29) is 36.3 Å². The number of ether oxygens (including phenoxy) is 1. The quantitative estimate of drug-likeness (QED) is 0.344. The molecule has 6 nitrogen and oxygen atoms in total. The fourth-order valence-electron chi connectivity index (χ4n) is 1.91. The van der Waals surface area contributed by atoms with Crippen molar-refractivity contribution in [1.29, 1.82) is 0 Å². The van der Waals surface area contributed by atoms with Crippen LogP contribution < -0.4 is 15.4 Å². The summed E-state index contributed by atoms with van der Waals surface area (Å²) in [6.07, 6.45) is 1.67. The highest BCUT2D eigenvalue weighted by Crippen LogP contribution is 2.20. The molecule has 0 aliphatic carbocycles. The van der Waals surface area contributed by atoms with Gasteiger partial charge in [0.05, 0.1) is 18.8 Å². The third-order valence-electron chi connectivity index (χ3n) is 2.95. The summed E-state index contributed by atoms with van der Waals surface area (Å²) >= 11 is 0. The van der Waals surface area contributed by atoms with Crippen LogP contribution in [0.3, 0.4) is 0 Å². The minimum Gasteiger partial charge on any atom is -0.434 e. The lowest BCUT2D eigenvalue weighted by Gasteiger charge is -2.12. The Morgan fingerprint density at radius 3 is 2.75 bits per heavy atom. The highest BCUT2D eigenvalue weighted by atomic mass is 127. The Morgan fingerprint density at radius 1 is 1.29 bits per heavy atom. The summed E-state index contributed by atoms with van der Waals surface area (Å²) in [5.41, 5.74) is 1.50. The molecule has 9 heteroatoms. The Morgan fingerprint density at radius 2 is 2.08 bits per heavy atom. The SMILES string of the molecule is CCNC(=NCc1ccccc1OC(F)F)NCc1ccn[nH]1.I. The maximum absolute atomic E-state index is 12.4. The summed E-state index contributed by atoms with van der Waals surface area (Å²) in [7, 11) is 0. The van der Waals surface area contributed by atoms with Crippen molar-refractivity contribution in [2.24, 2.45) is 4.99 Å². The van der Waals surface area contributed by atoms with E-state index in [1.807, 2.05) is 13.0 Å². The van der Waals surface area contributed by atoms with Gasteiger partial charge < -0.3 is 15.4 Å². The van der Waals surface area contributed by atoms with Gasteiger partial charge >= 0.3 is 6.61 Å². The van der Waals surface area contributed by atoms with Crippen molar-refractivity contribution in [3.8, 4) is 5.75 Å². The Labute approximate surface area is 156 Å². The van der Waals surface area contributed by atoms with Gasteiger partial charge in [-0.2, -0.15) is 13.9 Å². The zero-order valence-electron chi connectivity index (χ0n) is 13.1. The molecule has 0 spiro atoms. The van der Waals surface area contributed by atoms with E-state index < -0.39 is 6.61 Å². The normalized spacial score (nSPS) is 11.1. The lowest BCUT2D eigenvalue weighted by molar-refractivity contribution is -0.0504. The third-order valence-corrected chi connectivity index (χ3v) is 2.95. The smallest absolute Gasteiger partial charge is 0.387 e. The molecule has 1 aromatic carbocycles. The van der Waals surface area contributed by atoms with Gasteiger partial charge in [-0.3, -0.25) is 5.10 Å². The number of aliphatic imine (C=N–C) groups is 1. The standard InChI is InChI=1S/C15H19F2N5O.HI/c1-2-18-15(20-10-12-7-8-21-22-12)19-9-11-5-3-4-6-13(11)23-14(16)17;/h3-8,14H,2,9-10H2,1H3,(H,21,22)(H2,18,19,20);1H. The summed E-state index contributed by atoms with van der Waals surface area (Å²) in [4.78, 5) is 4.39. The average Bonchev–Trinajstić information content (AvgIpc) is 3.04.